The molecule has 0 saturated carbocycles. The van der Waals surface area contributed by atoms with Crippen molar-refractivity contribution in [1.29, 1.82) is 0 Å². The molecule has 1 aromatic rings. The summed E-state index contributed by atoms with van der Waals surface area (Å²) in [6, 6.07) is 2.29. The van der Waals surface area contributed by atoms with Crippen molar-refractivity contribution in [1.82, 2.24) is 15.3 Å². The second kappa shape index (κ2) is 5.18. The van der Waals surface area contributed by atoms with Crippen LogP contribution in [0.4, 0.5) is 17.6 Å². The Labute approximate surface area is 102 Å². The van der Waals surface area contributed by atoms with Crippen LogP contribution in [0.1, 0.15) is 13.8 Å². The van der Waals surface area contributed by atoms with Gasteiger partial charge < -0.3 is 21.3 Å². The van der Waals surface area contributed by atoms with Gasteiger partial charge in [-0.25, -0.2) is 0 Å². The van der Waals surface area contributed by atoms with Gasteiger partial charge in [0.1, 0.15) is 11.6 Å². The zero-order chi connectivity index (χ0) is 12.3. The fourth-order valence-corrected chi connectivity index (χ4v) is 1.88. The van der Waals surface area contributed by atoms with E-state index in [1.807, 2.05) is 6.07 Å². The second-order valence-corrected chi connectivity index (χ2v) is 4.51. The van der Waals surface area contributed by atoms with Crippen molar-refractivity contribution in [3.63, 3.8) is 0 Å². The highest BCUT2D eigenvalue weighted by atomic mass is 15.3. The highest BCUT2D eigenvalue weighted by molar-refractivity contribution is 5.53. The van der Waals surface area contributed by atoms with Gasteiger partial charge in [0.2, 0.25) is 5.95 Å². The highest BCUT2D eigenvalue weighted by Crippen LogP contribution is 2.17. The third-order valence-electron chi connectivity index (χ3n) is 2.61. The number of rotatable bonds is 3. The summed E-state index contributed by atoms with van der Waals surface area (Å²) in [6.07, 6.45) is 0. The minimum absolute atomic E-state index is 0.323. The lowest BCUT2D eigenvalue weighted by Gasteiger charge is -2.28. The molecule has 0 spiro atoms. The van der Waals surface area contributed by atoms with Gasteiger partial charge in [0.25, 0.3) is 0 Å². The molecule has 1 saturated heterocycles. The molecule has 6 nitrogen and oxygen atoms in total. The molecule has 1 fully saturated rings. The van der Waals surface area contributed by atoms with E-state index in [4.69, 9.17) is 5.73 Å². The van der Waals surface area contributed by atoms with E-state index in [1.165, 1.54) is 0 Å². The summed E-state index contributed by atoms with van der Waals surface area (Å²) >= 11 is 0. The Morgan fingerprint density at radius 1 is 1.35 bits per heavy atom. The molecule has 4 N–H and O–H groups in total. The number of hydrogen-bond acceptors (Lipinski definition) is 6. The topological polar surface area (TPSA) is 79.1 Å². The van der Waals surface area contributed by atoms with Crippen molar-refractivity contribution in [2.75, 3.05) is 42.1 Å². The Hall–Kier alpha value is -1.56. The van der Waals surface area contributed by atoms with Crippen LogP contribution in [0.25, 0.3) is 0 Å². The van der Waals surface area contributed by atoms with Gasteiger partial charge in [-0.1, -0.05) is 0 Å². The highest BCUT2D eigenvalue weighted by Gasteiger charge is 2.13. The largest absolute Gasteiger partial charge is 0.368 e. The minimum Gasteiger partial charge on any atom is -0.368 e. The van der Waals surface area contributed by atoms with Crippen LogP contribution in [0.2, 0.25) is 0 Å². The molecule has 0 atom stereocenters. The molecule has 1 aromatic heterocycles. The Kier molecular flexibility index (Phi) is 3.63. The van der Waals surface area contributed by atoms with E-state index in [-0.39, 0.29) is 0 Å². The second-order valence-electron chi connectivity index (χ2n) is 4.51. The molecular weight excluding hydrogens is 216 g/mol. The van der Waals surface area contributed by atoms with Crippen molar-refractivity contribution in [3.05, 3.63) is 6.07 Å². The Balaban J connectivity index is 2.18. The Morgan fingerprint density at radius 3 is 2.71 bits per heavy atom. The molecule has 0 aromatic carbocycles. The average molecular weight is 236 g/mol. The van der Waals surface area contributed by atoms with Gasteiger partial charge in [-0.3, -0.25) is 0 Å². The van der Waals surface area contributed by atoms with Crippen molar-refractivity contribution < 1.29 is 0 Å². The van der Waals surface area contributed by atoms with Crippen LogP contribution in [0.15, 0.2) is 6.07 Å². The number of anilines is 3. The number of piperazine rings is 1. The Morgan fingerprint density at radius 2 is 2.06 bits per heavy atom. The number of nitrogens with two attached hydrogens (primary N) is 1. The number of nitrogens with zero attached hydrogens (tertiary/aromatic N) is 3. The molecule has 17 heavy (non-hydrogen) atoms. The molecule has 0 aliphatic carbocycles. The first kappa shape index (κ1) is 11.9. The zero-order valence-corrected chi connectivity index (χ0v) is 10.4. The molecule has 0 unspecified atom stereocenters. The molecule has 2 rings (SSSR count). The third kappa shape index (κ3) is 3.20. The van der Waals surface area contributed by atoms with Crippen molar-refractivity contribution >= 4 is 17.6 Å². The van der Waals surface area contributed by atoms with E-state index in [1.54, 1.807) is 0 Å². The standard InChI is InChI=1S/C11H20N6/c1-8(2)14-9-7-10(16-11(12)15-9)17-5-3-13-4-6-17/h7-8,13H,3-6H2,1-2H3,(H3,12,14,15,16). The van der Waals surface area contributed by atoms with Crippen LogP contribution in [-0.4, -0.2) is 42.2 Å². The van der Waals surface area contributed by atoms with Gasteiger partial charge in [0, 0.05) is 38.3 Å². The summed E-state index contributed by atoms with van der Waals surface area (Å²) in [7, 11) is 0. The van der Waals surface area contributed by atoms with E-state index < -0.39 is 0 Å². The first-order chi connectivity index (χ1) is 8.15. The maximum atomic E-state index is 5.74. The maximum absolute atomic E-state index is 5.74. The lowest BCUT2D eigenvalue weighted by atomic mass is 10.3. The van der Waals surface area contributed by atoms with Crippen LogP contribution in [-0.2, 0) is 0 Å². The maximum Gasteiger partial charge on any atom is 0.223 e. The third-order valence-corrected chi connectivity index (χ3v) is 2.61. The molecule has 94 valence electrons. The number of nitrogen functional groups attached to an aromatic ring is 1. The fourth-order valence-electron chi connectivity index (χ4n) is 1.88. The van der Waals surface area contributed by atoms with E-state index in [0.717, 1.165) is 37.8 Å². The molecule has 0 radical (unpaired) electrons. The Bertz CT molecular complexity index is 372. The summed E-state index contributed by atoms with van der Waals surface area (Å²) in [5, 5.41) is 6.57. The SMILES string of the molecule is CC(C)Nc1cc(N2CCNCC2)nc(N)n1. The van der Waals surface area contributed by atoms with Crippen molar-refractivity contribution in [2.45, 2.75) is 19.9 Å². The summed E-state index contributed by atoms with van der Waals surface area (Å²) in [5.41, 5.74) is 5.74. The number of aromatic nitrogens is 2. The van der Waals surface area contributed by atoms with Gasteiger partial charge in [0.05, 0.1) is 0 Å². The molecule has 2 heterocycles. The van der Waals surface area contributed by atoms with Crippen molar-refractivity contribution in [3.8, 4) is 0 Å². The zero-order valence-electron chi connectivity index (χ0n) is 10.4. The summed E-state index contributed by atoms with van der Waals surface area (Å²) in [6.45, 7) is 8.02. The summed E-state index contributed by atoms with van der Waals surface area (Å²) in [5.74, 6) is 2.02. The fraction of sp³-hybridized carbons (Fsp3) is 0.636. The van der Waals surface area contributed by atoms with Gasteiger partial charge in [-0.2, -0.15) is 9.97 Å². The average Bonchev–Trinajstić information content (AvgIpc) is 2.28. The van der Waals surface area contributed by atoms with Crippen molar-refractivity contribution in [2.24, 2.45) is 0 Å². The molecule has 1 aliphatic rings. The van der Waals surface area contributed by atoms with Crippen LogP contribution in [0, 0.1) is 0 Å². The normalized spacial score (nSPS) is 16.3. The molecule has 6 heteroatoms. The lowest BCUT2D eigenvalue weighted by Crippen LogP contribution is -2.44. The monoisotopic (exact) mass is 236 g/mol. The van der Waals surface area contributed by atoms with E-state index in [2.05, 4.69) is 39.3 Å². The lowest BCUT2D eigenvalue weighted by molar-refractivity contribution is 0.585. The summed E-state index contributed by atoms with van der Waals surface area (Å²) < 4.78 is 0. The predicted molar refractivity (Wildman–Crippen MR) is 70.3 cm³/mol. The van der Waals surface area contributed by atoms with E-state index >= 15 is 0 Å². The quantitative estimate of drug-likeness (QED) is 0.700. The first-order valence-corrected chi connectivity index (χ1v) is 6.02. The number of nitrogens with one attached hydrogen (secondary N) is 2. The van der Waals surface area contributed by atoms with Crippen LogP contribution in [0.3, 0.4) is 0 Å². The minimum atomic E-state index is 0.323. The molecule has 0 bridgehead atoms. The van der Waals surface area contributed by atoms with Gasteiger partial charge >= 0.3 is 0 Å². The smallest absolute Gasteiger partial charge is 0.223 e. The predicted octanol–water partition coefficient (Wildman–Crippen LogP) is 0.289. The van der Waals surface area contributed by atoms with Crippen LogP contribution >= 0.6 is 0 Å². The van der Waals surface area contributed by atoms with E-state index in [0.29, 0.717) is 12.0 Å². The molecular formula is C11H20N6. The molecule has 0 amide bonds. The van der Waals surface area contributed by atoms with Gasteiger partial charge in [0.15, 0.2) is 0 Å². The van der Waals surface area contributed by atoms with Crippen LogP contribution < -0.4 is 21.3 Å². The molecule has 1 aliphatic heterocycles. The van der Waals surface area contributed by atoms with Gasteiger partial charge in [-0.15, -0.1) is 0 Å². The van der Waals surface area contributed by atoms with E-state index in [9.17, 15) is 0 Å². The van der Waals surface area contributed by atoms with Crippen LogP contribution in [0.5, 0.6) is 0 Å². The first-order valence-electron chi connectivity index (χ1n) is 6.02. The number of hydrogen-bond donors (Lipinski definition) is 3. The summed E-state index contributed by atoms with van der Waals surface area (Å²) in [4.78, 5) is 10.7. The van der Waals surface area contributed by atoms with Gasteiger partial charge in [-0.05, 0) is 13.8 Å².